The van der Waals surface area contributed by atoms with E-state index in [1.54, 1.807) is 25.1 Å². The molecule has 1 saturated carbocycles. The molecular weight excluding hydrogens is 323 g/mol. The maximum Gasteiger partial charge on any atom is 0.280 e. The Balaban J connectivity index is 1.90. The molecule has 6 heteroatoms. The largest absolute Gasteiger partial charge is 0.479 e. The Morgan fingerprint density at radius 1 is 1.45 bits per heavy atom. The summed E-state index contributed by atoms with van der Waals surface area (Å²) < 4.78 is 5.55. The van der Waals surface area contributed by atoms with Gasteiger partial charge < -0.3 is 4.74 Å². The molecule has 1 aromatic rings. The normalized spacial score (nSPS) is 21.5. The third-order valence-electron chi connectivity index (χ3n) is 3.64. The number of hydrogen-bond acceptors (Lipinski definition) is 3. The van der Waals surface area contributed by atoms with E-state index in [2.05, 4.69) is 17.5 Å². The highest BCUT2D eigenvalue weighted by Crippen LogP contribution is 2.28. The van der Waals surface area contributed by atoms with E-state index in [-0.39, 0.29) is 5.91 Å². The summed E-state index contributed by atoms with van der Waals surface area (Å²) in [5.74, 6) is 0.760. The van der Waals surface area contributed by atoms with Gasteiger partial charge in [-0.2, -0.15) is 5.10 Å². The topological polar surface area (TPSA) is 50.7 Å². The van der Waals surface area contributed by atoms with Gasteiger partial charge in [-0.05, 0) is 56.7 Å². The lowest BCUT2D eigenvalue weighted by Crippen LogP contribution is -2.34. The van der Waals surface area contributed by atoms with Gasteiger partial charge in [0.15, 0.2) is 6.10 Å². The highest BCUT2D eigenvalue weighted by molar-refractivity contribution is 6.35. The number of ether oxygens (including phenoxy) is 1. The number of carbonyl (C=O) groups excluding carboxylic acids is 1. The summed E-state index contributed by atoms with van der Waals surface area (Å²) in [4.78, 5) is 12.0. The van der Waals surface area contributed by atoms with E-state index in [1.807, 2.05) is 0 Å². The average Bonchev–Trinajstić information content (AvgIpc) is 2.47. The average molecular weight is 343 g/mol. The van der Waals surface area contributed by atoms with Crippen LogP contribution in [0.4, 0.5) is 0 Å². The number of rotatable bonds is 4. The fourth-order valence-electron chi connectivity index (χ4n) is 2.40. The first-order valence-corrected chi connectivity index (χ1v) is 8.18. The van der Waals surface area contributed by atoms with Gasteiger partial charge in [-0.1, -0.05) is 30.1 Å². The summed E-state index contributed by atoms with van der Waals surface area (Å²) in [6.45, 7) is 3.86. The Labute approximate surface area is 140 Å². The Morgan fingerprint density at radius 2 is 2.23 bits per heavy atom. The minimum atomic E-state index is -0.691. The van der Waals surface area contributed by atoms with Gasteiger partial charge in [0.25, 0.3) is 5.91 Å². The molecule has 0 aromatic heterocycles. The van der Waals surface area contributed by atoms with Crippen molar-refractivity contribution in [3.63, 3.8) is 0 Å². The zero-order chi connectivity index (χ0) is 16.1. The molecule has 1 fully saturated rings. The predicted molar refractivity (Wildman–Crippen MR) is 89.8 cm³/mol. The molecule has 0 aliphatic heterocycles. The zero-order valence-corrected chi connectivity index (χ0v) is 14.2. The summed E-state index contributed by atoms with van der Waals surface area (Å²) in [6.07, 6.45) is 3.55. The van der Waals surface area contributed by atoms with Crippen molar-refractivity contribution in [3.05, 3.63) is 28.2 Å². The second-order valence-electron chi connectivity index (χ2n) is 5.69. The van der Waals surface area contributed by atoms with E-state index in [1.165, 1.54) is 6.42 Å². The van der Waals surface area contributed by atoms with Crippen molar-refractivity contribution in [2.45, 2.75) is 45.6 Å². The number of benzene rings is 1. The van der Waals surface area contributed by atoms with Crippen LogP contribution < -0.4 is 10.2 Å². The molecule has 2 atom stereocenters. The van der Waals surface area contributed by atoms with Crippen LogP contribution in [0.5, 0.6) is 5.75 Å². The van der Waals surface area contributed by atoms with Crippen molar-refractivity contribution in [2.75, 3.05) is 0 Å². The molecule has 120 valence electrons. The molecule has 1 amide bonds. The van der Waals surface area contributed by atoms with Gasteiger partial charge in [-0.3, -0.25) is 4.79 Å². The minimum absolute atomic E-state index is 0.295. The van der Waals surface area contributed by atoms with Crippen molar-refractivity contribution >= 4 is 34.8 Å². The van der Waals surface area contributed by atoms with Crippen molar-refractivity contribution < 1.29 is 9.53 Å². The van der Waals surface area contributed by atoms with Crippen LogP contribution in [0.1, 0.15) is 39.5 Å². The lowest BCUT2D eigenvalue weighted by atomic mass is 9.89. The van der Waals surface area contributed by atoms with Crippen LogP contribution in [0.25, 0.3) is 0 Å². The fourth-order valence-corrected chi connectivity index (χ4v) is 2.86. The Bertz CT molecular complexity index is 575. The van der Waals surface area contributed by atoms with E-state index in [9.17, 15) is 4.79 Å². The fraction of sp³-hybridized carbons (Fsp3) is 0.500. The van der Waals surface area contributed by atoms with Crippen molar-refractivity contribution in [1.82, 2.24) is 5.43 Å². The van der Waals surface area contributed by atoms with E-state index in [4.69, 9.17) is 27.9 Å². The Kier molecular flexibility index (Phi) is 6.09. The van der Waals surface area contributed by atoms with Gasteiger partial charge in [0, 0.05) is 10.7 Å². The lowest BCUT2D eigenvalue weighted by Gasteiger charge is -2.19. The number of hydrazone groups is 1. The molecule has 1 N–H and O–H groups in total. The van der Waals surface area contributed by atoms with Crippen LogP contribution in [0.2, 0.25) is 10.0 Å². The first kappa shape index (κ1) is 17.1. The molecule has 2 unspecified atom stereocenters. The molecule has 22 heavy (non-hydrogen) atoms. The minimum Gasteiger partial charge on any atom is -0.479 e. The molecule has 0 radical (unpaired) electrons. The molecular formula is C16H20Cl2N2O2. The first-order chi connectivity index (χ1) is 10.5. The SMILES string of the molecule is CC1CCC/C(=N/NC(=O)C(C)Oc2ccc(Cl)cc2Cl)C1. The second-order valence-corrected chi connectivity index (χ2v) is 6.53. The van der Waals surface area contributed by atoms with Gasteiger partial charge >= 0.3 is 0 Å². The second kappa shape index (κ2) is 7.84. The first-order valence-electron chi connectivity index (χ1n) is 7.42. The Hall–Kier alpha value is -1.26. The smallest absolute Gasteiger partial charge is 0.280 e. The van der Waals surface area contributed by atoms with E-state index >= 15 is 0 Å². The molecule has 0 spiro atoms. The molecule has 2 rings (SSSR count). The number of hydrogen-bond donors (Lipinski definition) is 1. The van der Waals surface area contributed by atoms with Gasteiger partial charge in [-0.15, -0.1) is 0 Å². The number of halogens is 2. The summed E-state index contributed by atoms with van der Waals surface area (Å²) in [5.41, 5.74) is 3.62. The number of amides is 1. The molecule has 0 saturated heterocycles. The summed E-state index contributed by atoms with van der Waals surface area (Å²) >= 11 is 11.9. The summed E-state index contributed by atoms with van der Waals surface area (Å²) in [6, 6.07) is 4.88. The number of carbonyl (C=O) groups is 1. The lowest BCUT2D eigenvalue weighted by molar-refractivity contribution is -0.127. The van der Waals surface area contributed by atoms with Crippen LogP contribution in [0.3, 0.4) is 0 Å². The molecule has 1 aromatic carbocycles. The predicted octanol–water partition coefficient (Wildman–Crippen LogP) is 4.44. The van der Waals surface area contributed by atoms with Crippen LogP contribution in [-0.4, -0.2) is 17.7 Å². The van der Waals surface area contributed by atoms with Crippen molar-refractivity contribution in [3.8, 4) is 5.75 Å². The van der Waals surface area contributed by atoms with Gasteiger partial charge in [0.05, 0.1) is 5.02 Å². The standard InChI is InChI=1S/C16H20Cl2N2O2/c1-10-4-3-5-13(8-10)19-20-16(21)11(2)22-15-7-6-12(17)9-14(15)18/h6-7,9-11H,3-5,8H2,1-2H3,(H,20,21)/b19-13-. The molecule has 1 aliphatic carbocycles. The van der Waals surface area contributed by atoms with E-state index in [0.29, 0.717) is 21.7 Å². The zero-order valence-electron chi connectivity index (χ0n) is 12.7. The van der Waals surface area contributed by atoms with Gasteiger partial charge in [-0.25, -0.2) is 5.43 Å². The Morgan fingerprint density at radius 3 is 2.91 bits per heavy atom. The van der Waals surface area contributed by atoms with E-state index < -0.39 is 6.10 Å². The summed E-state index contributed by atoms with van der Waals surface area (Å²) in [5, 5.41) is 5.11. The molecule has 0 bridgehead atoms. The van der Waals surface area contributed by atoms with Crippen molar-refractivity contribution in [1.29, 1.82) is 0 Å². The quantitative estimate of drug-likeness (QED) is 0.822. The van der Waals surface area contributed by atoms with Gasteiger partial charge in [0.1, 0.15) is 5.75 Å². The monoisotopic (exact) mass is 342 g/mol. The maximum absolute atomic E-state index is 12.0. The summed E-state index contributed by atoms with van der Waals surface area (Å²) in [7, 11) is 0. The molecule has 4 nitrogen and oxygen atoms in total. The third-order valence-corrected chi connectivity index (χ3v) is 4.17. The molecule has 1 aliphatic rings. The number of nitrogens with one attached hydrogen (secondary N) is 1. The van der Waals surface area contributed by atoms with Crippen LogP contribution in [0.15, 0.2) is 23.3 Å². The third kappa shape index (κ3) is 4.89. The van der Waals surface area contributed by atoms with Gasteiger partial charge in [0.2, 0.25) is 0 Å². The highest BCUT2D eigenvalue weighted by Gasteiger charge is 2.18. The molecule has 0 heterocycles. The number of nitrogens with zero attached hydrogens (tertiary/aromatic N) is 1. The van der Waals surface area contributed by atoms with Crippen LogP contribution in [-0.2, 0) is 4.79 Å². The van der Waals surface area contributed by atoms with E-state index in [0.717, 1.165) is 25.0 Å². The van der Waals surface area contributed by atoms with Crippen LogP contribution >= 0.6 is 23.2 Å². The van der Waals surface area contributed by atoms with Crippen LogP contribution in [0, 0.1) is 5.92 Å². The maximum atomic E-state index is 12.0. The highest BCUT2D eigenvalue weighted by atomic mass is 35.5. The van der Waals surface area contributed by atoms with Crippen molar-refractivity contribution in [2.24, 2.45) is 11.0 Å².